The van der Waals surface area contributed by atoms with Gasteiger partial charge in [-0.05, 0) is 43.0 Å². The van der Waals surface area contributed by atoms with Crippen LogP contribution >= 0.6 is 34.7 Å². The Labute approximate surface area is 167 Å². The van der Waals surface area contributed by atoms with Gasteiger partial charge in [-0.1, -0.05) is 17.7 Å². The molecule has 0 atom stereocenters. The van der Waals surface area contributed by atoms with Crippen LogP contribution in [0.15, 0.2) is 39.4 Å². The van der Waals surface area contributed by atoms with Crippen molar-refractivity contribution in [2.75, 3.05) is 32.4 Å². The van der Waals surface area contributed by atoms with Crippen molar-refractivity contribution in [3.63, 3.8) is 0 Å². The number of thioether (sulfide) groups is 1. The van der Waals surface area contributed by atoms with Gasteiger partial charge in [0, 0.05) is 36.6 Å². The average molecular weight is 431 g/mol. The van der Waals surface area contributed by atoms with Crippen LogP contribution in [0.5, 0.6) is 0 Å². The van der Waals surface area contributed by atoms with E-state index in [1.54, 1.807) is 22.7 Å². The lowest BCUT2D eigenvalue weighted by atomic mass is 10.1. The van der Waals surface area contributed by atoms with Crippen molar-refractivity contribution >= 4 is 50.6 Å². The third-order valence-electron chi connectivity index (χ3n) is 4.34. The number of aryl methyl sites for hydroxylation is 1. The molecule has 3 rings (SSSR count). The largest absolute Gasteiger partial charge is 0.336 e. The molecule has 26 heavy (non-hydrogen) atoms. The molecule has 0 unspecified atom stereocenters. The summed E-state index contributed by atoms with van der Waals surface area (Å²) in [6, 6.07) is 8.95. The lowest BCUT2D eigenvalue weighted by molar-refractivity contribution is 0.0697. The molecule has 0 aliphatic carbocycles. The van der Waals surface area contributed by atoms with Gasteiger partial charge in [-0.3, -0.25) is 4.79 Å². The van der Waals surface area contributed by atoms with Crippen LogP contribution < -0.4 is 0 Å². The molecule has 0 N–H and O–H groups in total. The molecule has 0 bridgehead atoms. The number of piperazine rings is 1. The van der Waals surface area contributed by atoms with E-state index in [-0.39, 0.29) is 23.2 Å². The first-order valence-corrected chi connectivity index (χ1v) is 11.9. The number of sulfonamides is 1. The van der Waals surface area contributed by atoms with E-state index in [9.17, 15) is 13.2 Å². The van der Waals surface area contributed by atoms with Gasteiger partial charge >= 0.3 is 0 Å². The molecule has 0 saturated carbocycles. The number of amides is 1. The van der Waals surface area contributed by atoms with Gasteiger partial charge < -0.3 is 4.90 Å². The Morgan fingerprint density at radius 1 is 1.15 bits per heavy atom. The number of halogens is 1. The molecule has 140 valence electrons. The molecule has 9 heteroatoms. The first-order valence-electron chi connectivity index (χ1n) is 8.02. The lowest BCUT2D eigenvalue weighted by Gasteiger charge is -2.34. The van der Waals surface area contributed by atoms with E-state index in [1.165, 1.54) is 10.4 Å². The monoisotopic (exact) mass is 430 g/mol. The van der Waals surface area contributed by atoms with E-state index < -0.39 is 10.0 Å². The smallest absolute Gasteiger partial charge is 0.254 e. The number of hydrogen-bond donors (Lipinski definition) is 0. The Morgan fingerprint density at radius 3 is 2.42 bits per heavy atom. The van der Waals surface area contributed by atoms with E-state index >= 15 is 0 Å². The van der Waals surface area contributed by atoms with Gasteiger partial charge in [0.1, 0.15) is 4.21 Å². The normalized spacial score (nSPS) is 16.0. The lowest BCUT2D eigenvalue weighted by Crippen LogP contribution is -2.50. The van der Waals surface area contributed by atoms with Crippen LogP contribution in [0.1, 0.15) is 15.9 Å². The molecule has 1 aromatic carbocycles. The van der Waals surface area contributed by atoms with Gasteiger partial charge in [0.05, 0.1) is 4.34 Å². The van der Waals surface area contributed by atoms with Gasteiger partial charge in [-0.25, -0.2) is 8.42 Å². The zero-order valence-corrected chi connectivity index (χ0v) is 17.6. The van der Waals surface area contributed by atoms with Crippen LogP contribution in [0, 0.1) is 6.92 Å². The molecule has 2 heterocycles. The summed E-state index contributed by atoms with van der Waals surface area (Å²) < 4.78 is 27.4. The van der Waals surface area contributed by atoms with Crippen LogP contribution in [0.25, 0.3) is 0 Å². The summed E-state index contributed by atoms with van der Waals surface area (Å²) in [5.41, 5.74) is 1.61. The topological polar surface area (TPSA) is 57.7 Å². The summed E-state index contributed by atoms with van der Waals surface area (Å²) in [7, 11) is -3.55. The van der Waals surface area contributed by atoms with E-state index in [4.69, 9.17) is 11.6 Å². The van der Waals surface area contributed by atoms with Crippen LogP contribution in [0.2, 0.25) is 4.34 Å². The number of rotatable bonds is 4. The molecule has 1 aliphatic rings. The third-order valence-corrected chi connectivity index (χ3v) is 8.67. The van der Waals surface area contributed by atoms with Crippen LogP contribution in [0.4, 0.5) is 0 Å². The fraction of sp³-hybridized carbons (Fsp3) is 0.353. The number of thiophene rings is 1. The molecular formula is C17H19ClN2O3S3. The highest BCUT2D eigenvalue weighted by Crippen LogP contribution is 2.29. The standard InChI is InChI=1S/C17H19ClN2O3S3/c1-12-3-4-13(24-2)11-14(12)17(21)19-7-9-20(10-8-19)26(22,23)16-6-5-15(18)25-16/h3-6,11H,7-10H2,1-2H3. The minimum atomic E-state index is -3.55. The van der Waals surface area contributed by atoms with Crippen molar-refractivity contribution in [1.82, 2.24) is 9.21 Å². The number of hydrogen-bond acceptors (Lipinski definition) is 5. The molecule has 1 fully saturated rings. The van der Waals surface area contributed by atoms with E-state index in [1.807, 2.05) is 31.4 Å². The Kier molecular flexibility index (Phi) is 5.98. The van der Waals surface area contributed by atoms with Crippen LogP contribution in [-0.2, 0) is 10.0 Å². The highest BCUT2D eigenvalue weighted by molar-refractivity contribution is 7.98. The molecule has 0 spiro atoms. The maximum Gasteiger partial charge on any atom is 0.254 e. The zero-order chi connectivity index (χ0) is 18.9. The van der Waals surface area contributed by atoms with Crippen molar-refractivity contribution in [2.45, 2.75) is 16.0 Å². The maximum absolute atomic E-state index is 12.9. The first-order chi connectivity index (χ1) is 12.3. The molecule has 1 aliphatic heterocycles. The van der Waals surface area contributed by atoms with E-state index in [2.05, 4.69) is 0 Å². The molecule has 1 aromatic heterocycles. The third kappa shape index (κ3) is 3.94. The van der Waals surface area contributed by atoms with Gasteiger partial charge in [0.25, 0.3) is 15.9 Å². The highest BCUT2D eigenvalue weighted by atomic mass is 35.5. The summed E-state index contributed by atoms with van der Waals surface area (Å²) in [6.45, 7) is 3.23. The average Bonchev–Trinajstić information content (AvgIpc) is 3.09. The Morgan fingerprint density at radius 2 is 1.85 bits per heavy atom. The second-order valence-electron chi connectivity index (χ2n) is 5.94. The Bertz CT molecular complexity index is 919. The van der Waals surface area contributed by atoms with Gasteiger partial charge in [-0.2, -0.15) is 4.31 Å². The predicted molar refractivity (Wildman–Crippen MR) is 107 cm³/mol. The van der Waals surface area contributed by atoms with Crippen molar-refractivity contribution in [2.24, 2.45) is 0 Å². The number of carbonyl (C=O) groups excluding carboxylic acids is 1. The molecular weight excluding hydrogens is 412 g/mol. The van der Waals surface area contributed by atoms with E-state index in [0.29, 0.717) is 23.0 Å². The second kappa shape index (κ2) is 7.90. The summed E-state index contributed by atoms with van der Waals surface area (Å²) >= 11 is 8.50. The van der Waals surface area contributed by atoms with Crippen molar-refractivity contribution in [3.8, 4) is 0 Å². The van der Waals surface area contributed by atoms with Gasteiger partial charge in [0.2, 0.25) is 0 Å². The summed E-state index contributed by atoms with van der Waals surface area (Å²) in [5.74, 6) is -0.0467. The summed E-state index contributed by atoms with van der Waals surface area (Å²) in [5, 5.41) is 0. The second-order valence-corrected chi connectivity index (χ2v) is 10.7. The summed E-state index contributed by atoms with van der Waals surface area (Å²) in [4.78, 5) is 15.6. The van der Waals surface area contributed by atoms with Crippen molar-refractivity contribution < 1.29 is 13.2 Å². The molecule has 1 amide bonds. The molecule has 5 nitrogen and oxygen atoms in total. The minimum Gasteiger partial charge on any atom is -0.336 e. The van der Waals surface area contributed by atoms with Crippen molar-refractivity contribution in [1.29, 1.82) is 0 Å². The molecule has 0 radical (unpaired) electrons. The number of nitrogens with zero attached hydrogens (tertiary/aromatic N) is 2. The Balaban J connectivity index is 1.71. The number of carbonyl (C=O) groups is 1. The first kappa shape index (κ1) is 19.7. The fourth-order valence-electron chi connectivity index (χ4n) is 2.82. The fourth-order valence-corrected chi connectivity index (χ4v) is 6.32. The van der Waals surface area contributed by atoms with Crippen LogP contribution in [0.3, 0.4) is 0 Å². The summed E-state index contributed by atoms with van der Waals surface area (Å²) in [6.07, 6.45) is 1.97. The zero-order valence-electron chi connectivity index (χ0n) is 14.4. The maximum atomic E-state index is 12.9. The van der Waals surface area contributed by atoms with Gasteiger partial charge in [-0.15, -0.1) is 23.1 Å². The Hall–Kier alpha value is -1.06. The van der Waals surface area contributed by atoms with Gasteiger partial charge in [0.15, 0.2) is 0 Å². The SMILES string of the molecule is CSc1ccc(C)c(C(=O)N2CCN(S(=O)(=O)c3ccc(Cl)s3)CC2)c1. The highest BCUT2D eigenvalue weighted by Gasteiger charge is 2.31. The molecule has 2 aromatic rings. The predicted octanol–water partition coefficient (Wildman–Crippen LogP) is 3.58. The molecule has 1 saturated heterocycles. The number of benzene rings is 1. The van der Waals surface area contributed by atoms with Crippen molar-refractivity contribution in [3.05, 3.63) is 45.8 Å². The quantitative estimate of drug-likeness (QED) is 0.695. The van der Waals surface area contributed by atoms with Crippen LogP contribution in [-0.4, -0.2) is 56.0 Å². The van der Waals surface area contributed by atoms with E-state index in [0.717, 1.165) is 21.8 Å². The minimum absolute atomic E-state index is 0.0467.